The van der Waals surface area contributed by atoms with Crippen LogP contribution in [0.15, 0.2) is 48.7 Å². The van der Waals surface area contributed by atoms with Gasteiger partial charge in [-0.25, -0.2) is 4.79 Å². The maximum Gasteiger partial charge on any atom is 0.337 e. The number of nitrogens with zero attached hydrogens (tertiary/aromatic N) is 1. The largest absolute Gasteiger partial charge is 0.478 e. The summed E-state index contributed by atoms with van der Waals surface area (Å²) in [5, 5.41) is 10.3. The van der Waals surface area contributed by atoms with Crippen molar-refractivity contribution < 1.29 is 9.90 Å². The van der Waals surface area contributed by atoms with Gasteiger partial charge in [-0.3, -0.25) is 0 Å². The Kier molecular flexibility index (Phi) is 3.26. The summed E-state index contributed by atoms with van der Waals surface area (Å²) >= 11 is 0. The number of benzene rings is 2. The van der Waals surface area contributed by atoms with Gasteiger partial charge in [0.1, 0.15) is 0 Å². The monoisotopic (exact) mass is 279 g/mol. The molecule has 0 fully saturated rings. The van der Waals surface area contributed by atoms with E-state index in [4.69, 9.17) is 0 Å². The first kappa shape index (κ1) is 13.4. The molecule has 0 radical (unpaired) electrons. The summed E-state index contributed by atoms with van der Waals surface area (Å²) in [6.45, 7) is 4.87. The Morgan fingerprint density at radius 1 is 1.05 bits per heavy atom. The van der Waals surface area contributed by atoms with Crippen LogP contribution in [0.2, 0.25) is 0 Å². The minimum absolute atomic E-state index is 0.351. The molecule has 0 amide bonds. The Morgan fingerprint density at radius 2 is 1.71 bits per heavy atom. The normalized spacial score (nSPS) is 11.0. The summed E-state index contributed by atoms with van der Waals surface area (Å²) in [6.07, 6.45) is 1.96. The molecule has 0 aliphatic rings. The van der Waals surface area contributed by atoms with E-state index in [0.717, 1.165) is 10.9 Å². The van der Waals surface area contributed by atoms with Crippen molar-refractivity contribution in [3.63, 3.8) is 0 Å². The Labute approximate surface area is 123 Å². The fraction of sp³-hybridized carbons (Fsp3) is 0.167. The molecule has 3 rings (SSSR count). The Bertz CT molecular complexity index is 810. The van der Waals surface area contributed by atoms with Gasteiger partial charge in [-0.1, -0.05) is 30.3 Å². The third-order valence-corrected chi connectivity index (χ3v) is 3.99. The minimum Gasteiger partial charge on any atom is -0.478 e. The fourth-order valence-electron chi connectivity index (χ4n) is 2.83. The van der Waals surface area contributed by atoms with Gasteiger partial charge in [0, 0.05) is 18.1 Å². The van der Waals surface area contributed by atoms with Crippen molar-refractivity contribution >= 4 is 16.9 Å². The second kappa shape index (κ2) is 5.09. The van der Waals surface area contributed by atoms with E-state index in [2.05, 4.69) is 26.0 Å². The highest BCUT2D eigenvalue weighted by atomic mass is 16.4. The molecule has 0 unspecified atom stereocenters. The van der Waals surface area contributed by atoms with Gasteiger partial charge in [-0.2, -0.15) is 0 Å². The van der Waals surface area contributed by atoms with Gasteiger partial charge < -0.3 is 9.67 Å². The average molecular weight is 279 g/mol. The van der Waals surface area contributed by atoms with Crippen molar-refractivity contribution in [1.82, 2.24) is 4.57 Å². The van der Waals surface area contributed by atoms with Gasteiger partial charge in [0.25, 0.3) is 0 Å². The summed E-state index contributed by atoms with van der Waals surface area (Å²) in [4.78, 5) is 11.4. The first-order chi connectivity index (χ1) is 10.1. The molecule has 0 aliphatic carbocycles. The molecular weight excluding hydrogens is 262 g/mol. The minimum atomic E-state index is -0.887. The van der Waals surface area contributed by atoms with Crippen LogP contribution in [0.3, 0.4) is 0 Å². The molecule has 106 valence electrons. The van der Waals surface area contributed by atoms with Gasteiger partial charge >= 0.3 is 5.97 Å². The Morgan fingerprint density at radius 3 is 2.38 bits per heavy atom. The number of carboxylic acid groups (broad SMARTS) is 1. The van der Waals surface area contributed by atoms with Crippen molar-refractivity contribution in [3.05, 3.63) is 70.9 Å². The number of aryl methyl sites for hydroxylation is 2. The number of para-hydroxylation sites is 1. The van der Waals surface area contributed by atoms with E-state index >= 15 is 0 Å². The number of hydrogen-bond acceptors (Lipinski definition) is 1. The quantitative estimate of drug-likeness (QED) is 0.787. The van der Waals surface area contributed by atoms with Crippen LogP contribution >= 0.6 is 0 Å². The molecule has 0 aliphatic heterocycles. The predicted octanol–water partition coefficient (Wildman–Crippen LogP) is 4.00. The number of aromatic carboxylic acids is 1. The van der Waals surface area contributed by atoms with Crippen molar-refractivity contribution in [1.29, 1.82) is 0 Å². The molecule has 1 N–H and O–H groups in total. The lowest BCUT2D eigenvalue weighted by atomic mass is 10.0. The molecule has 3 aromatic rings. The van der Waals surface area contributed by atoms with Crippen molar-refractivity contribution in [2.75, 3.05) is 0 Å². The number of rotatable bonds is 3. The standard InChI is InChI=1S/C18H17NO2/c1-12-5-3-6-13(2)16(12)11-19-10-9-14-7-4-8-15(17(14)19)18(20)21/h3-10H,11H2,1-2H3,(H,20,21). The molecule has 3 heteroatoms. The zero-order valence-electron chi connectivity index (χ0n) is 12.1. The number of hydrogen-bond donors (Lipinski definition) is 1. The molecule has 21 heavy (non-hydrogen) atoms. The van der Waals surface area contributed by atoms with Crippen LogP contribution in [-0.4, -0.2) is 15.6 Å². The van der Waals surface area contributed by atoms with E-state index in [1.165, 1.54) is 16.7 Å². The number of carbonyl (C=O) groups is 1. The zero-order valence-corrected chi connectivity index (χ0v) is 12.1. The predicted molar refractivity (Wildman–Crippen MR) is 83.9 cm³/mol. The number of aromatic nitrogens is 1. The van der Waals surface area contributed by atoms with Gasteiger partial charge in [-0.05, 0) is 42.7 Å². The van der Waals surface area contributed by atoms with Gasteiger partial charge in [0.15, 0.2) is 0 Å². The second-order valence-corrected chi connectivity index (χ2v) is 5.36. The molecule has 0 saturated carbocycles. The fourth-order valence-corrected chi connectivity index (χ4v) is 2.83. The van der Waals surface area contributed by atoms with E-state index in [1.54, 1.807) is 12.1 Å². The highest BCUT2D eigenvalue weighted by Crippen LogP contribution is 2.23. The molecule has 0 spiro atoms. The average Bonchev–Trinajstić information content (AvgIpc) is 2.86. The zero-order chi connectivity index (χ0) is 15.0. The maximum absolute atomic E-state index is 11.4. The Balaban J connectivity index is 2.16. The first-order valence-corrected chi connectivity index (χ1v) is 6.94. The third kappa shape index (κ3) is 2.31. The van der Waals surface area contributed by atoms with Crippen LogP contribution in [0.1, 0.15) is 27.0 Å². The summed E-state index contributed by atoms with van der Waals surface area (Å²) in [5.74, 6) is -0.887. The molecule has 0 bridgehead atoms. The van der Waals surface area contributed by atoms with E-state index in [0.29, 0.717) is 12.1 Å². The van der Waals surface area contributed by atoms with E-state index in [-0.39, 0.29) is 0 Å². The summed E-state index contributed by atoms with van der Waals surface area (Å²) in [5.41, 5.74) is 4.83. The van der Waals surface area contributed by atoms with Gasteiger partial charge in [0.2, 0.25) is 0 Å². The smallest absolute Gasteiger partial charge is 0.337 e. The molecule has 0 atom stereocenters. The SMILES string of the molecule is Cc1cccc(C)c1Cn1ccc2cccc(C(=O)O)c21. The van der Waals surface area contributed by atoms with Crippen molar-refractivity contribution in [2.24, 2.45) is 0 Å². The van der Waals surface area contributed by atoms with Crippen LogP contribution in [0.5, 0.6) is 0 Å². The van der Waals surface area contributed by atoms with E-state index in [9.17, 15) is 9.90 Å². The van der Waals surface area contributed by atoms with Crippen LogP contribution in [0.4, 0.5) is 0 Å². The second-order valence-electron chi connectivity index (χ2n) is 5.36. The molecule has 0 saturated heterocycles. The molecule has 3 nitrogen and oxygen atoms in total. The van der Waals surface area contributed by atoms with Crippen molar-refractivity contribution in [3.8, 4) is 0 Å². The van der Waals surface area contributed by atoms with Gasteiger partial charge in [0.05, 0.1) is 11.1 Å². The lowest BCUT2D eigenvalue weighted by Crippen LogP contribution is -2.06. The highest BCUT2D eigenvalue weighted by Gasteiger charge is 2.13. The summed E-state index contributed by atoms with van der Waals surface area (Å²) in [6, 6.07) is 13.6. The van der Waals surface area contributed by atoms with Gasteiger partial charge in [-0.15, -0.1) is 0 Å². The molecule has 1 heterocycles. The third-order valence-electron chi connectivity index (χ3n) is 3.99. The van der Waals surface area contributed by atoms with Crippen LogP contribution in [-0.2, 0) is 6.54 Å². The highest BCUT2D eigenvalue weighted by molar-refractivity contribution is 6.02. The molecular formula is C18H17NO2. The molecule has 1 aromatic heterocycles. The maximum atomic E-state index is 11.4. The number of fused-ring (bicyclic) bond motifs is 1. The first-order valence-electron chi connectivity index (χ1n) is 6.94. The van der Waals surface area contributed by atoms with E-state index in [1.807, 2.05) is 29.0 Å². The van der Waals surface area contributed by atoms with Crippen LogP contribution in [0, 0.1) is 13.8 Å². The lowest BCUT2D eigenvalue weighted by Gasteiger charge is -2.13. The Hall–Kier alpha value is -2.55. The van der Waals surface area contributed by atoms with Crippen LogP contribution < -0.4 is 0 Å². The summed E-state index contributed by atoms with van der Waals surface area (Å²) < 4.78 is 2.02. The summed E-state index contributed by atoms with van der Waals surface area (Å²) in [7, 11) is 0. The van der Waals surface area contributed by atoms with Crippen molar-refractivity contribution in [2.45, 2.75) is 20.4 Å². The molecule has 2 aromatic carbocycles. The lowest BCUT2D eigenvalue weighted by molar-refractivity contribution is 0.0698. The number of carboxylic acids is 1. The van der Waals surface area contributed by atoms with Crippen LogP contribution in [0.25, 0.3) is 10.9 Å². The van der Waals surface area contributed by atoms with E-state index < -0.39 is 5.97 Å². The topological polar surface area (TPSA) is 42.2 Å².